The van der Waals surface area contributed by atoms with E-state index in [1.165, 1.54) is 6.42 Å². The highest BCUT2D eigenvalue weighted by atomic mass is 16.2. The number of anilines is 1. The normalized spacial score (nSPS) is 28.1. The molecule has 29 heavy (non-hydrogen) atoms. The Bertz CT molecular complexity index is 869. The summed E-state index contributed by atoms with van der Waals surface area (Å²) in [7, 11) is 0. The Morgan fingerprint density at radius 3 is 2.59 bits per heavy atom. The van der Waals surface area contributed by atoms with Gasteiger partial charge in [-0.25, -0.2) is 0 Å². The number of nitrogens with one attached hydrogen (secondary N) is 1. The molecule has 1 aromatic rings. The van der Waals surface area contributed by atoms with Crippen molar-refractivity contribution in [1.29, 1.82) is 0 Å². The maximum atomic E-state index is 13.3. The molecule has 1 spiro atoms. The second-order valence-corrected chi connectivity index (χ2v) is 9.16. The van der Waals surface area contributed by atoms with E-state index in [0.717, 1.165) is 39.0 Å². The van der Waals surface area contributed by atoms with E-state index in [2.05, 4.69) is 5.32 Å². The van der Waals surface area contributed by atoms with Crippen LogP contribution in [0.15, 0.2) is 24.3 Å². The Morgan fingerprint density at radius 1 is 1.10 bits per heavy atom. The summed E-state index contributed by atoms with van der Waals surface area (Å²) in [6.45, 7) is 5.55. The molecule has 4 heterocycles. The fraction of sp³-hybridized carbons (Fsp3) is 0.591. The van der Waals surface area contributed by atoms with E-state index in [9.17, 15) is 14.4 Å². The molecule has 0 aromatic heterocycles. The Morgan fingerprint density at radius 2 is 1.86 bits per heavy atom. The monoisotopic (exact) mass is 396 g/mol. The zero-order valence-electron chi connectivity index (χ0n) is 16.9. The smallest absolute Gasteiger partial charge is 0.258 e. The standard InChI is InChI=1S/C22H28N4O3/c1-21-7-6-18(27)26(21)17-5-3-2-4-16(17)20(29)25(21)14-19(28)24-12-9-22(10-13-24)8-11-23-15-22/h2-5,23H,6-15H2,1H3. The maximum absolute atomic E-state index is 13.3. The van der Waals surface area contributed by atoms with Crippen LogP contribution in [0.1, 0.15) is 49.4 Å². The first-order chi connectivity index (χ1) is 13.9. The van der Waals surface area contributed by atoms with Crippen LogP contribution < -0.4 is 10.2 Å². The van der Waals surface area contributed by atoms with Gasteiger partial charge < -0.3 is 15.1 Å². The fourth-order valence-corrected chi connectivity index (χ4v) is 5.63. The molecule has 3 amide bonds. The van der Waals surface area contributed by atoms with E-state index < -0.39 is 5.66 Å². The molecule has 5 rings (SSSR count). The number of benzene rings is 1. The van der Waals surface area contributed by atoms with Crippen molar-refractivity contribution in [2.75, 3.05) is 37.6 Å². The first kappa shape index (κ1) is 18.6. The largest absolute Gasteiger partial charge is 0.341 e. The number of amides is 3. The molecule has 154 valence electrons. The lowest BCUT2D eigenvalue weighted by Gasteiger charge is -2.49. The fourth-order valence-electron chi connectivity index (χ4n) is 5.63. The second kappa shape index (κ2) is 6.55. The highest BCUT2D eigenvalue weighted by Crippen LogP contribution is 2.44. The zero-order valence-corrected chi connectivity index (χ0v) is 16.9. The van der Waals surface area contributed by atoms with Crippen molar-refractivity contribution in [1.82, 2.24) is 15.1 Å². The highest BCUT2D eigenvalue weighted by molar-refractivity contribution is 6.11. The average Bonchev–Trinajstić information content (AvgIpc) is 3.30. The van der Waals surface area contributed by atoms with Crippen LogP contribution in [-0.4, -0.2) is 65.9 Å². The van der Waals surface area contributed by atoms with Crippen molar-refractivity contribution in [3.8, 4) is 0 Å². The van der Waals surface area contributed by atoms with Crippen LogP contribution in [0.2, 0.25) is 0 Å². The number of rotatable bonds is 2. The number of carbonyl (C=O) groups excluding carboxylic acids is 3. The minimum absolute atomic E-state index is 0.0125. The van der Waals surface area contributed by atoms with Crippen molar-refractivity contribution in [3.63, 3.8) is 0 Å². The Hall–Kier alpha value is -2.41. The summed E-state index contributed by atoms with van der Waals surface area (Å²) in [5.41, 5.74) is 0.740. The molecule has 0 radical (unpaired) electrons. The average molecular weight is 396 g/mol. The van der Waals surface area contributed by atoms with Crippen molar-refractivity contribution >= 4 is 23.4 Å². The number of fused-ring (bicyclic) bond motifs is 3. The van der Waals surface area contributed by atoms with Gasteiger partial charge in [-0.05, 0) is 56.7 Å². The van der Waals surface area contributed by atoms with E-state index in [0.29, 0.717) is 29.5 Å². The van der Waals surface area contributed by atoms with Gasteiger partial charge in [0.1, 0.15) is 12.2 Å². The van der Waals surface area contributed by atoms with Gasteiger partial charge in [0.2, 0.25) is 11.8 Å². The topological polar surface area (TPSA) is 73.0 Å². The van der Waals surface area contributed by atoms with Gasteiger partial charge in [0, 0.05) is 26.1 Å². The van der Waals surface area contributed by atoms with E-state index in [1.807, 2.05) is 24.0 Å². The molecular weight excluding hydrogens is 368 g/mol. The van der Waals surface area contributed by atoms with Crippen molar-refractivity contribution in [2.45, 2.75) is 44.7 Å². The minimum Gasteiger partial charge on any atom is -0.341 e. The van der Waals surface area contributed by atoms with Gasteiger partial charge in [0.25, 0.3) is 5.91 Å². The van der Waals surface area contributed by atoms with E-state index >= 15 is 0 Å². The third-order valence-electron chi connectivity index (χ3n) is 7.55. The predicted molar refractivity (Wildman–Crippen MR) is 108 cm³/mol. The quantitative estimate of drug-likeness (QED) is 0.824. The molecule has 1 aromatic carbocycles. The molecule has 1 unspecified atom stereocenters. The third kappa shape index (κ3) is 2.78. The molecule has 1 N–H and O–H groups in total. The van der Waals surface area contributed by atoms with Crippen LogP contribution in [0.3, 0.4) is 0 Å². The van der Waals surface area contributed by atoms with Gasteiger partial charge in [-0.2, -0.15) is 0 Å². The lowest BCUT2D eigenvalue weighted by Crippen LogP contribution is -2.64. The van der Waals surface area contributed by atoms with Crippen LogP contribution in [0.25, 0.3) is 0 Å². The van der Waals surface area contributed by atoms with Gasteiger partial charge in [0.05, 0.1) is 11.3 Å². The molecule has 3 fully saturated rings. The number of hydrogen-bond donors (Lipinski definition) is 1. The van der Waals surface area contributed by atoms with E-state index in [4.69, 9.17) is 0 Å². The number of carbonyl (C=O) groups is 3. The lowest BCUT2D eigenvalue weighted by atomic mass is 9.78. The number of hydrogen-bond acceptors (Lipinski definition) is 4. The predicted octanol–water partition coefficient (Wildman–Crippen LogP) is 1.59. The summed E-state index contributed by atoms with van der Waals surface area (Å²) in [4.78, 5) is 44.4. The summed E-state index contributed by atoms with van der Waals surface area (Å²) in [6.07, 6.45) is 4.16. The van der Waals surface area contributed by atoms with Crippen LogP contribution in [0, 0.1) is 5.41 Å². The highest BCUT2D eigenvalue weighted by Gasteiger charge is 2.53. The number of piperidine rings is 1. The minimum atomic E-state index is -0.773. The molecule has 0 saturated carbocycles. The van der Waals surface area contributed by atoms with E-state index in [1.54, 1.807) is 21.9 Å². The number of likely N-dealkylation sites (tertiary alicyclic amines) is 1. The number of para-hydroxylation sites is 1. The molecule has 1 atom stereocenters. The van der Waals surface area contributed by atoms with Crippen LogP contribution in [-0.2, 0) is 9.59 Å². The van der Waals surface area contributed by atoms with Crippen molar-refractivity contribution in [2.24, 2.45) is 5.41 Å². The Kier molecular flexibility index (Phi) is 4.21. The Labute approximate surface area is 171 Å². The molecule has 7 nitrogen and oxygen atoms in total. The zero-order chi connectivity index (χ0) is 20.2. The summed E-state index contributed by atoms with van der Waals surface area (Å²) in [5.74, 6) is -0.159. The molecule has 4 aliphatic heterocycles. The second-order valence-electron chi connectivity index (χ2n) is 9.16. The summed E-state index contributed by atoms with van der Waals surface area (Å²) < 4.78 is 0. The van der Waals surface area contributed by atoms with Crippen LogP contribution >= 0.6 is 0 Å². The molecular formula is C22H28N4O3. The SMILES string of the molecule is CC12CCC(=O)N1c1ccccc1C(=O)N2CC(=O)N1CCC2(CCNC2)CC1. The summed E-state index contributed by atoms with van der Waals surface area (Å²) in [5, 5.41) is 3.45. The van der Waals surface area contributed by atoms with Crippen molar-refractivity contribution < 1.29 is 14.4 Å². The van der Waals surface area contributed by atoms with Gasteiger partial charge >= 0.3 is 0 Å². The van der Waals surface area contributed by atoms with Crippen LogP contribution in [0.4, 0.5) is 5.69 Å². The molecule has 0 bridgehead atoms. The van der Waals surface area contributed by atoms with Crippen LogP contribution in [0.5, 0.6) is 0 Å². The van der Waals surface area contributed by atoms with E-state index in [-0.39, 0.29) is 24.3 Å². The van der Waals surface area contributed by atoms with Gasteiger partial charge in [-0.3, -0.25) is 19.3 Å². The number of nitrogens with zero attached hydrogens (tertiary/aromatic N) is 3. The Balaban J connectivity index is 1.37. The molecule has 3 saturated heterocycles. The van der Waals surface area contributed by atoms with Gasteiger partial charge in [-0.15, -0.1) is 0 Å². The van der Waals surface area contributed by atoms with Gasteiger partial charge in [-0.1, -0.05) is 12.1 Å². The first-order valence-electron chi connectivity index (χ1n) is 10.7. The van der Waals surface area contributed by atoms with Crippen molar-refractivity contribution in [3.05, 3.63) is 29.8 Å². The third-order valence-corrected chi connectivity index (χ3v) is 7.55. The maximum Gasteiger partial charge on any atom is 0.258 e. The summed E-state index contributed by atoms with van der Waals surface area (Å²) in [6, 6.07) is 7.23. The first-order valence-corrected chi connectivity index (χ1v) is 10.7. The molecule has 4 aliphatic rings. The lowest BCUT2D eigenvalue weighted by molar-refractivity contribution is -0.135. The molecule has 0 aliphatic carbocycles. The summed E-state index contributed by atoms with van der Waals surface area (Å²) >= 11 is 0. The van der Waals surface area contributed by atoms with Gasteiger partial charge in [0.15, 0.2) is 0 Å². The molecule has 7 heteroatoms.